The van der Waals surface area contributed by atoms with Crippen LogP contribution in [0.5, 0.6) is 0 Å². The summed E-state index contributed by atoms with van der Waals surface area (Å²) in [5.74, 6) is 1.54. The maximum Gasteiger partial charge on any atom is 0.227 e. The summed E-state index contributed by atoms with van der Waals surface area (Å²) in [5.41, 5.74) is 2.87. The van der Waals surface area contributed by atoms with Crippen LogP contribution in [0.25, 0.3) is 22.0 Å². The Labute approximate surface area is 199 Å². The molecule has 0 aliphatic carbocycles. The van der Waals surface area contributed by atoms with E-state index in [9.17, 15) is 4.79 Å². The summed E-state index contributed by atoms with van der Waals surface area (Å²) >= 11 is 3.17. The van der Waals surface area contributed by atoms with Gasteiger partial charge in [-0.2, -0.15) is 4.98 Å². The van der Waals surface area contributed by atoms with Gasteiger partial charge in [0.25, 0.3) is 0 Å². The molecule has 0 radical (unpaired) electrons. The third-order valence-corrected chi connectivity index (χ3v) is 7.03. The molecule has 164 valence electrons. The van der Waals surface area contributed by atoms with Gasteiger partial charge in [-0.05, 0) is 11.5 Å². The van der Waals surface area contributed by atoms with E-state index in [0.29, 0.717) is 23.9 Å². The molecule has 3 aromatic carbocycles. The van der Waals surface area contributed by atoms with Crippen LogP contribution in [0.2, 0.25) is 0 Å². The van der Waals surface area contributed by atoms with Crippen molar-refractivity contribution < 1.29 is 9.32 Å². The third-order valence-electron chi connectivity index (χ3n) is 5.02. The van der Waals surface area contributed by atoms with Gasteiger partial charge in [-0.25, -0.2) is 4.98 Å². The average molecular weight is 473 g/mol. The van der Waals surface area contributed by atoms with Crippen molar-refractivity contribution >= 4 is 45.5 Å². The van der Waals surface area contributed by atoms with E-state index in [0.717, 1.165) is 32.1 Å². The first kappa shape index (κ1) is 21.4. The van der Waals surface area contributed by atoms with Crippen molar-refractivity contribution in [1.82, 2.24) is 15.1 Å². The van der Waals surface area contributed by atoms with E-state index < -0.39 is 0 Å². The highest BCUT2D eigenvalue weighted by Gasteiger charge is 2.12. The number of carbonyl (C=O) groups excluding carboxylic acids is 1. The highest BCUT2D eigenvalue weighted by molar-refractivity contribution is 8.00. The quantitative estimate of drug-likeness (QED) is 0.270. The number of hydrogen-bond donors (Lipinski definition) is 1. The molecule has 33 heavy (non-hydrogen) atoms. The van der Waals surface area contributed by atoms with E-state index in [1.54, 1.807) is 23.1 Å². The van der Waals surface area contributed by atoms with Crippen LogP contribution < -0.4 is 5.32 Å². The Kier molecular flexibility index (Phi) is 6.46. The monoisotopic (exact) mass is 472 g/mol. The van der Waals surface area contributed by atoms with E-state index in [1.165, 1.54) is 0 Å². The minimum Gasteiger partial charge on any atom is -0.339 e. The van der Waals surface area contributed by atoms with Gasteiger partial charge in [0.1, 0.15) is 0 Å². The number of rotatable bonds is 8. The Balaban J connectivity index is 1.13. The van der Waals surface area contributed by atoms with Gasteiger partial charge < -0.3 is 9.84 Å². The highest BCUT2D eigenvalue weighted by atomic mass is 32.2. The van der Waals surface area contributed by atoms with Crippen molar-refractivity contribution in [1.29, 1.82) is 0 Å². The van der Waals surface area contributed by atoms with Crippen LogP contribution in [-0.2, 0) is 17.0 Å². The number of carbonyl (C=O) groups is 1. The van der Waals surface area contributed by atoms with Crippen molar-refractivity contribution in [2.45, 2.75) is 22.9 Å². The lowest BCUT2D eigenvalue weighted by molar-refractivity contribution is -0.116. The van der Waals surface area contributed by atoms with Crippen LogP contribution in [0.1, 0.15) is 18.1 Å². The molecule has 0 atom stereocenters. The number of fused-ring (bicyclic) bond motifs is 1. The minimum absolute atomic E-state index is 0.0864. The fraction of sp³-hybridized carbons (Fsp3) is 0.120. The second-order valence-electron chi connectivity index (χ2n) is 7.33. The summed E-state index contributed by atoms with van der Waals surface area (Å²) in [5, 5.41) is 11.2. The molecule has 0 saturated heterocycles. The molecule has 6 nitrogen and oxygen atoms in total. The molecule has 5 rings (SSSR count). The maximum absolute atomic E-state index is 12.5. The molecule has 0 aliphatic rings. The van der Waals surface area contributed by atoms with E-state index in [-0.39, 0.29) is 12.3 Å². The number of thioether (sulfide) groups is 1. The van der Waals surface area contributed by atoms with Crippen molar-refractivity contribution in [3.05, 3.63) is 89.9 Å². The molecule has 1 amide bonds. The van der Waals surface area contributed by atoms with Gasteiger partial charge in [-0.15, -0.1) is 11.3 Å². The van der Waals surface area contributed by atoms with E-state index >= 15 is 0 Å². The van der Waals surface area contributed by atoms with Gasteiger partial charge in [-0.1, -0.05) is 83.6 Å². The normalized spacial score (nSPS) is 11.0. The Hall–Kier alpha value is -3.49. The molecule has 1 N–H and O–H groups in total. The third kappa shape index (κ3) is 5.30. The van der Waals surface area contributed by atoms with Crippen LogP contribution in [-0.4, -0.2) is 21.0 Å². The van der Waals surface area contributed by atoms with Crippen molar-refractivity contribution in [3.63, 3.8) is 0 Å². The summed E-state index contributed by atoms with van der Waals surface area (Å²) in [7, 11) is 0. The average Bonchev–Trinajstić information content (AvgIpc) is 3.52. The van der Waals surface area contributed by atoms with Crippen molar-refractivity contribution in [2.24, 2.45) is 0 Å². The number of nitrogens with one attached hydrogen (secondary N) is 1. The van der Waals surface area contributed by atoms with Gasteiger partial charge in [0, 0.05) is 34.9 Å². The standard InChI is InChI=1S/C25H20N4O2S2/c30-23(26-20-12-6-10-17-7-4-5-11-19(17)20)13-14-24-28-22(29-31-24)16-33-25-27-21(15-32-25)18-8-2-1-3-9-18/h1-12,15H,13-14,16H2,(H,26,30). The van der Waals surface area contributed by atoms with Crippen LogP contribution in [0.15, 0.2) is 87.0 Å². The Morgan fingerprint density at radius 3 is 2.70 bits per heavy atom. The highest BCUT2D eigenvalue weighted by Crippen LogP contribution is 2.29. The summed E-state index contributed by atoms with van der Waals surface area (Å²) in [6, 6.07) is 23.9. The number of aryl methyl sites for hydroxylation is 1. The van der Waals surface area contributed by atoms with E-state index in [1.807, 2.05) is 78.2 Å². The molecule has 0 bridgehead atoms. The Morgan fingerprint density at radius 2 is 1.79 bits per heavy atom. The number of anilines is 1. The number of hydrogen-bond acceptors (Lipinski definition) is 7. The fourth-order valence-electron chi connectivity index (χ4n) is 3.41. The lowest BCUT2D eigenvalue weighted by atomic mass is 10.1. The molecule has 0 aliphatic heterocycles. The maximum atomic E-state index is 12.5. The number of nitrogens with zero attached hydrogens (tertiary/aromatic N) is 3. The predicted molar refractivity (Wildman–Crippen MR) is 132 cm³/mol. The first-order valence-electron chi connectivity index (χ1n) is 10.5. The second-order valence-corrected chi connectivity index (χ2v) is 9.41. The van der Waals surface area contributed by atoms with Gasteiger partial charge >= 0.3 is 0 Å². The molecule has 8 heteroatoms. The molecular weight excluding hydrogens is 452 g/mol. The minimum atomic E-state index is -0.0864. The van der Waals surface area contributed by atoms with Gasteiger partial charge in [-0.3, -0.25) is 4.79 Å². The van der Waals surface area contributed by atoms with E-state index in [2.05, 4.69) is 20.4 Å². The van der Waals surface area contributed by atoms with Crippen LogP contribution >= 0.6 is 23.1 Å². The van der Waals surface area contributed by atoms with E-state index in [4.69, 9.17) is 4.52 Å². The summed E-state index contributed by atoms with van der Waals surface area (Å²) in [6.45, 7) is 0. The van der Waals surface area contributed by atoms with Crippen LogP contribution in [0.3, 0.4) is 0 Å². The smallest absolute Gasteiger partial charge is 0.227 e. The molecular formula is C25H20N4O2S2. The van der Waals surface area contributed by atoms with Gasteiger partial charge in [0.15, 0.2) is 10.2 Å². The summed E-state index contributed by atoms with van der Waals surface area (Å²) < 4.78 is 6.28. The number of thiazole rings is 1. The first-order chi connectivity index (χ1) is 16.2. The molecule has 2 heterocycles. The largest absolute Gasteiger partial charge is 0.339 e. The molecule has 0 fully saturated rings. The lowest BCUT2D eigenvalue weighted by Gasteiger charge is -2.08. The Bertz CT molecular complexity index is 1380. The molecule has 5 aromatic rings. The van der Waals surface area contributed by atoms with Crippen molar-refractivity contribution in [3.8, 4) is 11.3 Å². The zero-order valence-corrected chi connectivity index (χ0v) is 19.2. The first-order valence-corrected chi connectivity index (χ1v) is 12.3. The summed E-state index contributed by atoms with van der Waals surface area (Å²) in [6.07, 6.45) is 0.661. The second kappa shape index (κ2) is 9.97. The SMILES string of the molecule is O=C(CCc1nc(CSc2nc(-c3ccccc3)cs2)no1)Nc1cccc2ccccc12. The zero-order chi connectivity index (χ0) is 22.5. The topological polar surface area (TPSA) is 80.9 Å². The Morgan fingerprint density at radius 1 is 0.970 bits per heavy atom. The number of amides is 1. The van der Waals surface area contributed by atoms with Crippen LogP contribution in [0, 0.1) is 0 Å². The fourth-order valence-corrected chi connectivity index (χ4v) is 5.09. The number of benzene rings is 3. The van der Waals surface area contributed by atoms with Crippen molar-refractivity contribution in [2.75, 3.05) is 5.32 Å². The molecule has 0 spiro atoms. The lowest BCUT2D eigenvalue weighted by Crippen LogP contribution is -2.12. The molecule has 2 aromatic heterocycles. The predicted octanol–water partition coefficient (Wildman–Crippen LogP) is 6.21. The van der Waals surface area contributed by atoms with Gasteiger partial charge in [0.2, 0.25) is 11.8 Å². The summed E-state index contributed by atoms with van der Waals surface area (Å²) in [4.78, 5) is 21.5. The molecule has 0 saturated carbocycles. The van der Waals surface area contributed by atoms with Crippen LogP contribution in [0.4, 0.5) is 5.69 Å². The zero-order valence-electron chi connectivity index (χ0n) is 17.6. The molecule has 0 unspecified atom stereocenters. The number of aromatic nitrogens is 3. The van der Waals surface area contributed by atoms with Gasteiger partial charge in [0.05, 0.1) is 11.4 Å².